The van der Waals surface area contributed by atoms with Gasteiger partial charge < -0.3 is 10.6 Å². The third kappa shape index (κ3) is 3.86. The second-order valence-corrected chi connectivity index (χ2v) is 7.59. The molecule has 0 spiro atoms. The van der Waals surface area contributed by atoms with E-state index in [1.54, 1.807) is 35.4 Å². The molecule has 122 valence electrons. The second kappa shape index (κ2) is 6.37. The van der Waals surface area contributed by atoms with Gasteiger partial charge in [0.15, 0.2) is 15.7 Å². The average Bonchev–Trinajstić information content (AvgIpc) is 3.15. The zero-order valence-electron chi connectivity index (χ0n) is 12.3. The van der Waals surface area contributed by atoms with Gasteiger partial charge in [0.05, 0.1) is 11.5 Å². The predicted octanol–water partition coefficient (Wildman–Crippen LogP) is 0.254. The van der Waals surface area contributed by atoms with Crippen LogP contribution in [0.5, 0.6) is 0 Å². The summed E-state index contributed by atoms with van der Waals surface area (Å²) in [5.41, 5.74) is 0.811. The first-order valence-corrected chi connectivity index (χ1v) is 9.04. The zero-order chi connectivity index (χ0) is 16.3. The number of nitrogens with one attached hydrogen (secondary N) is 2. The van der Waals surface area contributed by atoms with E-state index < -0.39 is 9.84 Å². The lowest BCUT2D eigenvalue weighted by Gasteiger charge is -2.13. The van der Waals surface area contributed by atoms with Gasteiger partial charge in [0.1, 0.15) is 0 Å². The molecular formula is C14H17N5O3S. The number of aromatic nitrogens is 3. The fraction of sp³-hybridized carbons (Fsp3) is 0.357. The lowest BCUT2D eigenvalue weighted by Crippen LogP contribution is -2.42. The predicted molar refractivity (Wildman–Crippen MR) is 83.8 cm³/mol. The molecule has 0 bridgehead atoms. The Morgan fingerprint density at radius 2 is 2.22 bits per heavy atom. The highest BCUT2D eigenvalue weighted by atomic mass is 32.2. The van der Waals surface area contributed by atoms with Gasteiger partial charge in [-0.1, -0.05) is 6.07 Å². The van der Waals surface area contributed by atoms with Crippen LogP contribution in [0.25, 0.3) is 5.82 Å². The first-order chi connectivity index (χ1) is 11.0. The van der Waals surface area contributed by atoms with Crippen LogP contribution in [0.1, 0.15) is 12.0 Å². The molecule has 1 aliphatic rings. The average molecular weight is 335 g/mol. The minimum absolute atomic E-state index is 0.00580. The molecule has 0 aromatic carbocycles. The molecule has 0 saturated carbocycles. The fourth-order valence-electron chi connectivity index (χ4n) is 2.49. The minimum Gasteiger partial charge on any atom is -0.334 e. The molecule has 23 heavy (non-hydrogen) atoms. The van der Waals surface area contributed by atoms with Crippen molar-refractivity contribution in [3.8, 4) is 5.82 Å². The molecule has 2 aromatic heterocycles. The number of pyridine rings is 1. The Balaban J connectivity index is 1.60. The minimum atomic E-state index is -3.01. The lowest BCUT2D eigenvalue weighted by molar-refractivity contribution is 0.237. The topological polar surface area (TPSA) is 106 Å². The monoisotopic (exact) mass is 335 g/mol. The highest BCUT2D eigenvalue weighted by Crippen LogP contribution is 2.12. The molecule has 9 heteroatoms. The van der Waals surface area contributed by atoms with Crippen LogP contribution in [-0.4, -0.2) is 46.8 Å². The van der Waals surface area contributed by atoms with Gasteiger partial charge in [-0.2, -0.15) is 5.10 Å². The number of carbonyl (C=O) groups is 1. The molecule has 0 aliphatic carbocycles. The molecule has 0 unspecified atom stereocenters. The van der Waals surface area contributed by atoms with Crippen molar-refractivity contribution in [2.24, 2.45) is 0 Å². The van der Waals surface area contributed by atoms with Gasteiger partial charge >= 0.3 is 6.03 Å². The summed E-state index contributed by atoms with van der Waals surface area (Å²) in [5, 5.41) is 9.55. The van der Waals surface area contributed by atoms with Crippen LogP contribution in [0.3, 0.4) is 0 Å². The fourth-order valence-corrected chi connectivity index (χ4v) is 4.16. The van der Waals surface area contributed by atoms with E-state index >= 15 is 0 Å². The van der Waals surface area contributed by atoms with Crippen molar-refractivity contribution >= 4 is 15.9 Å². The molecule has 2 amide bonds. The van der Waals surface area contributed by atoms with Crippen molar-refractivity contribution in [2.45, 2.75) is 19.0 Å². The number of sulfone groups is 1. The maximum Gasteiger partial charge on any atom is 0.315 e. The summed E-state index contributed by atoms with van der Waals surface area (Å²) in [6, 6.07) is 4.72. The van der Waals surface area contributed by atoms with Crippen molar-refractivity contribution in [2.75, 3.05) is 11.5 Å². The van der Waals surface area contributed by atoms with E-state index in [1.807, 2.05) is 6.07 Å². The van der Waals surface area contributed by atoms with Crippen molar-refractivity contribution in [1.82, 2.24) is 25.4 Å². The number of rotatable bonds is 4. The SMILES string of the molecule is O=C(NCc1cccnc1-n1cccn1)N[C@H]1CCS(=O)(=O)C1. The summed E-state index contributed by atoms with van der Waals surface area (Å²) in [6.45, 7) is 0.272. The number of hydrogen-bond acceptors (Lipinski definition) is 5. The van der Waals surface area contributed by atoms with E-state index in [0.717, 1.165) is 5.56 Å². The van der Waals surface area contributed by atoms with Crippen LogP contribution < -0.4 is 10.6 Å². The van der Waals surface area contributed by atoms with Gasteiger partial charge in [-0.25, -0.2) is 22.9 Å². The van der Waals surface area contributed by atoms with Crippen LogP contribution in [0.15, 0.2) is 36.8 Å². The van der Waals surface area contributed by atoms with Crippen LogP contribution in [0.2, 0.25) is 0 Å². The van der Waals surface area contributed by atoms with Gasteiger partial charge in [0.25, 0.3) is 0 Å². The molecule has 1 fully saturated rings. The standard InChI is InChI=1S/C14H17N5O3S/c20-14(18-12-4-8-23(21,22)10-12)16-9-11-3-1-5-15-13(11)19-7-2-6-17-19/h1-3,5-7,12H,4,8-10H2,(H2,16,18,20)/t12-/m0/s1. The Hall–Kier alpha value is -2.42. The van der Waals surface area contributed by atoms with Crippen molar-refractivity contribution in [3.05, 3.63) is 42.4 Å². The van der Waals surface area contributed by atoms with Crippen LogP contribution >= 0.6 is 0 Å². The largest absolute Gasteiger partial charge is 0.334 e. The molecule has 3 heterocycles. The van der Waals surface area contributed by atoms with Gasteiger partial charge in [0.2, 0.25) is 0 Å². The first kappa shape index (κ1) is 15.5. The Labute approximate surface area is 133 Å². The van der Waals surface area contributed by atoms with Gasteiger partial charge in [0, 0.05) is 36.7 Å². The third-order valence-electron chi connectivity index (χ3n) is 3.60. The summed E-state index contributed by atoms with van der Waals surface area (Å²) >= 11 is 0. The summed E-state index contributed by atoms with van der Waals surface area (Å²) in [7, 11) is -3.01. The Bertz CT molecular complexity index is 789. The van der Waals surface area contributed by atoms with Crippen LogP contribution in [0.4, 0.5) is 4.79 Å². The van der Waals surface area contributed by atoms with E-state index in [0.29, 0.717) is 12.2 Å². The van der Waals surface area contributed by atoms with E-state index in [9.17, 15) is 13.2 Å². The van der Waals surface area contributed by atoms with E-state index in [4.69, 9.17) is 0 Å². The van der Waals surface area contributed by atoms with E-state index in [-0.39, 0.29) is 30.1 Å². The Kier molecular flexibility index (Phi) is 4.28. The maximum absolute atomic E-state index is 11.9. The molecule has 8 nitrogen and oxygen atoms in total. The summed E-state index contributed by atoms with van der Waals surface area (Å²) < 4.78 is 24.4. The van der Waals surface area contributed by atoms with Gasteiger partial charge in [-0.15, -0.1) is 0 Å². The Morgan fingerprint density at radius 1 is 1.35 bits per heavy atom. The number of carbonyl (C=O) groups excluding carboxylic acids is 1. The maximum atomic E-state index is 11.9. The number of nitrogens with zero attached hydrogens (tertiary/aromatic N) is 3. The van der Waals surface area contributed by atoms with Gasteiger partial charge in [-0.05, 0) is 18.6 Å². The van der Waals surface area contributed by atoms with Gasteiger partial charge in [-0.3, -0.25) is 0 Å². The quantitative estimate of drug-likeness (QED) is 0.833. The molecule has 2 N–H and O–H groups in total. The third-order valence-corrected chi connectivity index (χ3v) is 5.36. The molecular weight excluding hydrogens is 318 g/mol. The van der Waals surface area contributed by atoms with Crippen molar-refractivity contribution < 1.29 is 13.2 Å². The van der Waals surface area contributed by atoms with Crippen molar-refractivity contribution in [3.63, 3.8) is 0 Å². The van der Waals surface area contributed by atoms with E-state index in [1.165, 1.54) is 0 Å². The zero-order valence-corrected chi connectivity index (χ0v) is 13.2. The molecule has 2 aromatic rings. The van der Waals surface area contributed by atoms with Crippen LogP contribution in [0, 0.1) is 0 Å². The first-order valence-electron chi connectivity index (χ1n) is 7.22. The van der Waals surface area contributed by atoms with E-state index in [2.05, 4.69) is 20.7 Å². The normalized spacial score (nSPS) is 19.4. The molecule has 1 saturated heterocycles. The summed E-state index contributed by atoms with van der Waals surface area (Å²) in [4.78, 5) is 16.2. The van der Waals surface area contributed by atoms with Crippen molar-refractivity contribution in [1.29, 1.82) is 0 Å². The van der Waals surface area contributed by atoms with Crippen LogP contribution in [-0.2, 0) is 16.4 Å². The molecule has 3 rings (SSSR count). The highest BCUT2D eigenvalue weighted by Gasteiger charge is 2.28. The summed E-state index contributed by atoms with van der Waals surface area (Å²) in [6.07, 6.45) is 5.54. The molecule has 1 atom stereocenters. The number of hydrogen-bond donors (Lipinski definition) is 2. The number of urea groups is 1. The smallest absolute Gasteiger partial charge is 0.315 e. The Morgan fingerprint density at radius 3 is 2.91 bits per heavy atom. The highest BCUT2D eigenvalue weighted by molar-refractivity contribution is 7.91. The number of amides is 2. The second-order valence-electron chi connectivity index (χ2n) is 5.36. The molecule has 1 aliphatic heterocycles. The molecule has 0 radical (unpaired) electrons. The lowest BCUT2D eigenvalue weighted by atomic mass is 10.2. The summed E-state index contributed by atoms with van der Waals surface area (Å²) in [5.74, 6) is 0.775.